The highest BCUT2D eigenvalue weighted by Gasteiger charge is 2.03. The Morgan fingerprint density at radius 2 is 2.60 bits per heavy atom. The summed E-state index contributed by atoms with van der Waals surface area (Å²) in [6, 6.07) is 0. The van der Waals surface area contributed by atoms with Crippen LogP contribution in [0.25, 0.3) is 10.9 Å². The van der Waals surface area contributed by atoms with Gasteiger partial charge in [-0.2, -0.15) is 5.10 Å². The summed E-state index contributed by atoms with van der Waals surface area (Å²) in [7, 11) is 0. The fourth-order valence-electron chi connectivity index (χ4n) is 0.857. The van der Waals surface area contributed by atoms with Crippen molar-refractivity contribution in [2.75, 3.05) is 0 Å². The van der Waals surface area contributed by atoms with Gasteiger partial charge in [0.1, 0.15) is 11.8 Å². The third kappa shape index (κ3) is 0.500. The molecule has 0 bridgehead atoms. The summed E-state index contributed by atoms with van der Waals surface area (Å²) in [5, 5.41) is 7.41. The van der Waals surface area contributed by atoms with E-state index in [0.29, 0.717) is 5.88 Å². The molecular weight excluding hydrogens is 130 g/mol. The van der Waals surface area contributed by atoms with E-state index in [-0.39, 0.29) is 0 Å². The Bertz CT molecular complexity index is 360. The highest BCUT2D eigenvalue weighted by molar-refractivity contribution is 5.87. The maximum Gasteiger partial charge on any atom is 0.229 e. The molecule has 0 saturated carbocycles. The number of aromatic amines is 1. The maximum absolute atomic E-state index is 5.00. The minimum Gasteiger partial charge on any atom is -0.444 e. The van der Waals surface area contributed by atoms with Crippen LogP contribution in [0.5, 0.6) is 0 Å². The minimum atomic E-state index is 0.517. The van der Waals surface area contributed by atoms with Crippen LogP contribution >= 0.6 is 0 Å². The van der Waals surface area contributed by atoms with Crippen molar-refractivity contribution >= 4 is 23.5 Å². The first kappa shape index (κ1) is 5.22. The van der Waals surface area contributed by atoms with Crippen LogP contribution < -0.4 is 0 Å². The van der Waals surface area contributed by atoms with Gasteiger partial charge in [-0.15, -0.1) is 0 Å². The van der Waals surface area contributed by atoms with E-state index in [1.807, 2.05) is 0 Å². The molecule has 0 spiro atoms. The lowest BCUT2D eigenvalue weighted by molar-refractivity contribution is 0.581. The summed E-state index contributed by atoms with van der Waals surface area (Å²) < 4.78 is 5.00. The van der Waals surface area contributed by atoms with Gasteiger partial charge in [-0.25, -0.2) is 4.99 Å². The highest BCUT2D eigenvalue weighted by Crippen LogP contribution is 2.25. The molecule has 0 aromatic carbocycles. The molecule has 0 amide bonds. The van der Waals surface area contributed by atoms with Crippen LogP contribution in [0.15, 0.2) is 21.9 Å². The first-order chi connectivity index (χ1) is 4.92. The number of fused-ring (bicyclic) bond motifs is 1. The van der Waals surface area contributed by atoms with E-state index in [4.69, 9.17) is 4.42 Å². The van der Waals surface area contributed by atoms with E-state index in [1.54, 1.807) is 12.5 Å². The lowest BCUT2D eigenvalue weighted by Crippen LogP contribution is -1.58. The van der Waals surface area contributed by atoms with Crippen molar-refractivity contribution in [1.29, 1.82) is 0 Å². The SMILES string of the molecule is C=Nc1occ2[nH]ncc12. The predicted molar refractivity (Wildman–Crippen MR) is 37.6 cm³/mol. The van der Waals surface area contributed by atoms with E-state index in [0.717, 1.165) is 10.9 Å². The van der Waals surface area contributed by atoms with Gasteiger partial charge in [0.25, 0.3) is 0 Å². The van der Waals surface area contributed by atoms with Gasteiger partial charge >= 0.3 is 0 Å². The topological polar surface area (TPSA) is 54.2 Å². The second-order valence-electron chi connectivity index (χ2n) is 1.90. The number of aromatic nitrogens is 2. The molecule has 50 valence electrons. The molecule has 0 aliphatic carbocycles. The van der Waals surface area contributed by atoms with Crippen molar-refractivity contribution < 1.29 is 4.42 Å². The number of H-pyrrole nitrogens is 1. The van der Waals surface area contributed by atoms with Gasteiger partial charge in [0.15, 0.2) is 0 Å². The average molecular weight is 135 g/mol. The largest absolute Gasteiger partial charge is 0.444 e. The van der Waals surface area contributed by atoms with Gasteiger partial charge in [-0.1, -0.05) is 0 Å². The van der Waals surface area contributed by atoms with Crippen molar-refractivity contribution in [3.63, 3.8) is 0 Å². The number of nitrogens with one attached hydrogen (secondary N) is 1. The molecule has 2 aromatic heterocycles. The molecule has 2 aromatic rings. The van der Waals surface area contributed by atoms with Gasteiger partial charge in [0, 0.05) is 0 Å². The Kier molecular flexibility index (Phi) is 0.887. The third-order valence-corrected chi connectivity index (χ3v) is 1.33. The third-order valence-electron chi connectivity index (χ3n) is 1.33. The first-order valence-electron chi connectivity index (χ1n) is 2.79. The van der Waals surface area contributed by atoms with Gasteiger partial charge < -0.3 is 4.42 Å². The zero-order valence-electron chi connectivity index (χ0n) is 5.16. The number of rotatable bonds is 1. The molecule has 4 heteroatoms. The molecule has 10 heavy (non-hydrogen) atoms. The van der Waals surface area contributed by atoms with Gasteiger partial charge in [0.05, 0.1) is 11.6 Å². The molecule has 0 aliphatic rings. The van der Waals surface area contributed by atoms with E-state index in [1.165, 1.54) is 0 Å². The second kappa shape index (κ2) is 1.70. The quantitative estimate of drug-likeness (QED) is 0.602. The van der Waals surface area contributed by atoms with E-state index in [2.05, 4.69) is 21.9 Å². The summed E-state index contributed by atoms with van der Waals surface area (Å²) in [5.74, 6) is 0.517. The van der Waals surface area contributed by atoms with Crippen molar-refractivity contribution in [2.45, 2.75) is 0 Å². The van der Waals surface area contributed by atoms with Gasteiger partial charge in [-0.05, 0) is 6.72 Å². The van der Waals surface area contributed by atoms with E-state index in [9.17, 15) is 0 Å². The first-order valence-corrected chi connectivity index (χ1v) is 2.79. The van der Waals surface area contributed by atoms with Crippen LogP contribution in [0.4, 0.5) is 5.88 Å². The molecule has 4 nitrogen and oxygen atoms in total. The summed E-state index contributed by atoms with van der Waals surface area (Å²) in [5.41, 5.74) is 0.849. The molecule has 2 rings (SSSR count). The van der Waals surface area contributed by atoms with Crippen LogP contribution in [0.1, 0.15) is 0 Å². The van der Waals surface area contributed by atoms with Crippen LogP contribution in [0.2, 0.25) is 0 Å². The van der Waals surface area contributed by atoms with E-state index < -0.39 is 0 Å². The van der Waals surface area contributed by atoms with Crippen molar-refractivity contribution in [1.82, 2.24) is 10.2 Å². The number of hydrogen-bond acceptors (Lipinski definition) is 3. The van der Waals surface area contributed by atoms with Crippen LogP contribution in [0.3, 0.4) is 0 Å². The molecule has 0 saturated heterocycles. The standard InChI is InChI=1S/C6H5N3O/c1-7-6-4-2-8-9-5(4)3-10-6/h2-3,9H,1H2. The smallest absolute Gasteiger partial charge is 0.229 e. The number of furan rings is 1. The molecule has 0 atom stereocenters. The van der Waals surface area contributed by atoms with Crippen molar-refractivity contribution in [3.8, 4) is 0 Å². The molecule has 0 radical (unpaired) electrons. The zero-order valence-corrected chi connectivity index (χ0v) is 5.16. The fraction of sp³-hybridized carbons (Fsp3) is 0. The molecular formula is C6H5N3O. The van der Waals surface area contributed by atoms with Crippen LogP contribution in [-0.4, -0.2) is 16.9 Å². The van der Waals surface area contributed by atoms with Crippen molar-refractivity contribution in [3.05, 3.63) is 12.5 Å². The maximum atomic E-state index is 5.00. The lowest BCUT2D eigenvalue weighted by Gasteiger charge is -1.77. The Hall–Kier alpha value is -1.58. The summed E-state index contributed by atoms with van der Waals surface area (Å²) >= 11 is 0. The molecule has 2 heterocycles. The van der Waals surface area contributed by atoms with Crippen LogP contribution in [0, 0.1) is 0 Å². The monoisotopic (exact) mass is 135 g/mol. The lowest BCUT2D eigenvalue weighted by atomic mass is 10.4. The summed E-state index contributed by atoms with van der Waals surface area (Å²) in [6.07, 6.45) is 3.22. The van der Waals surface area contributed by atoms with Crippen LogP contribution in [-0.2, 0) is 0 Å². The Labute approximate surface area is 56.6 Å². The minimum absolute atomic E-state index is 0.517. The van der Waals surface area contributed by atoms with Gasteiger partial charge in [-0.3, -0.25) is 5.10 Å². The summed E-state index contributed by atoms with van der Waals surface area (Å²) in [6.45, 7) is 3.35. The molecule has 0 fully saturated rings. The van der Waals surface area contributed by atoms with E-state index >= 15 is 0 Å². The molecule has 0 aliphatic heterocycles. The fourth-order valence-corrected chi connectivity index (χ4v) is 0.857. The number of aliphatic imine (C=N–C) groups is 1. The number of hydrogen-bond donors (Lipinski definition) is 1. The normalized spacial score (nSPS) is 10.4. The molecule has 1 N–H and O–H groups in total. The molecule has 0 unspecified atom stereocenters. The van der Waals surface area contributed by atoms with Crippen molar-refractivity contribution in [2.24, 2.45) is 4.99 Å². The number of nitrogens with zero attached hydrogens (tertiary/aromatic N) is 2. The second-order valence-corrected chi connectivity index (χ2v) is 1.90. The van der Waals surface area contributed by atoms with Gasteiger partial charge in [0.2, 0.25) is 5.88 Å². The average Bonchev–Trinajstić information content (AvgIpc) is 2.44. The Morgan fingerprint density at radius 1 is 1.70 bits per heavy atom. The Morgan fingerprint density at radius 3 is 3.40 bits per heavy atom. The zero-order chi connectivity index (χ0) is 6.97. The summed E-state index contributed by atoms with van der Waals surface area (Å²) in [4.78, 5) is 3.65. The Balaban J connectivity index is 2.88. The predicted octanol–water partition coefficient (Wildman–Crippen LogP) is 1.49. The highest BCUT2D eigenvalue weighted by atomic mass is 16.3.